The third-order valence-corrected chi connectivity index (χ3v) is 4.06. The van der Waals surface area contributed by atoms with Crippen molar-refractivity contribution in [2.75, 3.05) is 0 Å². The molecule has 5 heteroatoms. The van der Waals surface area contributed by atoms with Crippen molar-refractivity contribution < 1.29 is 0 Å². The van der Waals surface area contributed by atoms with E-state index in [2.05, 4.69) is 57.0 Å². The summed E-state index contributed by atoms with van der Waals surface area (Å²) in [6, 6.07) is 10.7. The first-order valence-corrected chi connectivity index (χ1v) is 8.14. The maximum absolute atomic E-state index is 4.52. The summed E-state index contributed by atoms with van der Waals surface area (Å²) >= 11 is 0. The molecule has 3 rings (SSSR count). The molecule has 24 heavy (non-hydrogen) atoms. The molecule has 0 fully saturated rings. The standard InChI is InChI=1S/C19H23N5/c1-3-10-24-13-18(16(2)22-24)12-21-19(14-23-11-9-20-15-23)17-7-5-4-6-8-17/h3-9,11,13,15,19,21H,1,10,12,14H2,2H3/t19-/m0/s1. The first-order valence-electron chi connectivity index (χ1n) is 8.14. The van der Waals surface area contributed by atoms with E-state index in [9.17, 15) is 0 Å². The lowest BCUT2D eigenvalue weighted by Gasteiger charge is -2.19. The average molecular weight is 321 g/mol. The van der Waals surface area contributed by atoms with Crippen LogP contribution in [0.5, 0.6) is 0 Å². The number of benzene rings is 1. The highest BCUT2D eigenvalue weighted by Crippen LogP contribution is 2.16. The van der Waals surface area contributed by atoms with Crippen molar-refractivity contribution in [3.8, 4) is 0 Å². The second kappa shape index (κ2) is 7.75. The van der Waals surface area contributed by atoms with Gasteiger partial charge in [-0.2, -0.15) is 5.10 Å². The van der Waals surface area contributed by atoms with E-state index in [1.54, 1.807) is 0 Å². The van der Waals surface area contributed by atoms with Crippen LogP contribution in [-0.2, 0) is 19.6 Å². The SMILES string of the molecule is C=CCn1cc(CN[C@@H](Cn2ccnc2)c2ccccc2)c(C)n1. The Morgan fingerprint density at radius 2 is 2.12 bits per heavy atom. The second-order valence-electron chi connectivity index (χ2n) is 5.85. The van der Waals surface area contributed by atoms with Crippen LogP contribution in [-0.4, -0.2) is 19.3 Å². The van der Waals surface area contributed by atoms with Gasteiger partial charge in [-0.25, -0.2) is 4.98 Å². The van der Waals surface area contributed by atoms with Crippen LogP contribution in [0.1, 0.15) is 22.9 Å². The van der Waals surface area contributed by atoms with Crippen molar-refractivity contribution in [2.45, 2.75) is 32.6 Å². The van der Waals surface area contributed by atoms with E-state index in [1.807, 2.05) is 42.5 Å². The lowest BCUT2D eigenvalue weighted by atomic mass is 10.1. The van der Waals surface area contributed by atoms with Crippen LogP contribution in [0, 0.1) is 6.92 Å². The maximum atomic E-state index is 4.52. The van der Waals surface area contributed by atoms with E-state index in [-0.39, 0.29) is 6.04 Å². The zero-order chi connectivity index (χ0) is 16.8. The largest absolute Gasteiger partial charge is 0.336 e. The fraction of sp³-hybridized carbons (Fsp3) is 0.263. The number of aryl methyl sites for hydroxylation is 1. The molecule has 1 N–H and O–H groups in total. The van der Waals surface area contributed by atoms with E-state index in [1.165, 1.54) is 11.1 Å². The molecule has 0 saturated heterocycles. The number of hydrogen-bond donors (Lipinski definition) is 1. The molecule has 5 nitrogen and oxygen atoms in total. The summed E-state index contributed by atoms with van der Waals surface area (Å²) in [5.41, 5.74) is 3.53. The third kappa shape index (κ3) is 4.00. The Hall–Kier alpha value is -2.66. The van der Waals surface area contributed by atoms with Gasteiger partial charge in [0.2, 0.25) is 0 Å². The second-order valence-corrected chi connectivity index (χ2v) is 5.85. The monoisotopic (exact) mass is 321 g/mol. The molecule has 1 atom stereocenters. The first-order chi connectivity index (χ1) is 11.8. The number of hydrogen-bond acceptors (Lipinski definition) is 3. The predicted octanol–water partition coefficient (Wildman–Crippen LogP) is 3.11. The molecule has 0 amide bonds. The molecule has 0 radical (unpaired) electrons. The Morgan fingerprint density at radius 1 is 1.29 bits per heavy atom. The van der Waals surface area contributed by atoms with Crippen LogP contribution in [0.25, 0.3) is 0 Å². The van der Waals surface area contributed by atoms with Gasteiger partial charge in [-0.15, -0.1) is 6.58 Å². The predicted molar refractivity (Wildman–Crippen MR) is 95.4 cm³/mol. The molecule has 0 bridgehead atoms. The number of rotatable bonds is 8. The Morgan fingerprint density at radius 3 is 2.83 bits per heavy atom. The van der Waals surface area contributed by atoms with E-state index in [4.69, 9.17) is 0 Å². The molecule has 0 spiro atoms. The highest BCUT2D eigenvalue weighted by atomic mass is 15.3. The number of aromatic nitrogens is 4. The van der Waals surface area contributed by atoms with Crippen molar-refractivity contribution >= 4 is 0 Å². The van der Waals surface area contributed by atoms with Crippen LogP contribution < -0.4 is 5.32 Å². The average Bonchev–Trinajstić information content (AvgIpc) is 3.22. The Kier molecular flexibility index (Phi) is 5.23. The number of nitrogens with zero attached hydrogens (tertiary/aromatic N) is 4. The summed E-state index contributed by atoms with van der Waals surface area (Å²) in [6.45, 7) is 8.16. The molecule has 1 aromatic carbocycles. The molecule has 0 aliphatic rings. The van der Waals surface area contributed by atoms with E-state index in [0.29, 0.717) is 0 Å². The van der Waals surface area contributed by atoms with Crippen LogP contribution >= 0.6 is 0 Å². The maximum Gasteiger partial charge on any atom is 0.0946 e. The van der Waals surface area contributed by atoms with Crippen molar-refractivity contribution in [2.24, 2.45) is 0 Å². The molecule has 0 aliphatic heterocycles. The van der Waals surface area contributed by atoms with E-state index >= 15 is 0 Å². The molecule has 2 aromatic heterocycles. The quantitative estimate of drug-likeness (QED) is 0.649. The Labute approximate surface area is 142 Å². The van der Waals surface area contributed by atoms with Crippen molar-refractivity contribution in [1.82, 2.24) is 24.6 Å². The molecule has 124 valence electrons. The minimum Gasteiger partial charge on any atom is -0.336 e. The van der Waals surface area contributed by atoms with Gasteiger partial charge >= 0.3 is 0 Å². The summed E-state index contributed by atoms with van der Waals surface area (Å²) in [5.74, 6) is 0. The van der Waals surface area contributed by atoms with E-state index in [0.717, 1.165) is 25.3 Å². The summed E-state index contributed by atoms with van der Waals surface area (Å²) in [7, 11) is 0. The van der Waals surface area contributed by atoms with Crippen LogP contribution in [0.4, 0.5) is 0 Å². The fourth-order valence-electron chi connectivity index (χ4n) is 2.77. The zero-order valence-electron chi connectivity index (χ0n) is 14.0. The molecular formula is C19H23N5. The first kappa shape index (κ1) is 16.2. The van der Waals surface area contributed by atoms with Gasteiger partial charge in [0.1, 0.15) is 0 Å². The number of imidazole rings is 1. The Bertz CT molecular complexity index is 758. The van der Waals surface area contributed by atoms with Crippen LogP contribution in [0.3, 0.4) is 0 Å². The number of allylic oxidation sites excluding steroid dienone is 1. The topological polar surface area (TPSA) is 47.7 Å². The molecule has 0 saturated carbocycles. The summed E-state index contributed by atoms with van der Waals surface area (Å²) in [4.78, 5) is 4.14. The van der Waals surface area contributed by atoms with Gasteiger partial charge in [-0.05, 0) is 12.5 Å². The highest BCUT2D eigenvalue weighted by Gasteiger charge is 2.13. The van der Waals surface area contributed by atoms with Gasteiger partial charge < -0.3 is 9.88 Å². The van der Waals surface area contributed by atoms with Crippen LogP contribution in [0.2, 0.25) is 0 Å². The lowest BCUT2D eigenvalue weighted by molar-refractivity contribution is 0.461. The molecular weight excluding hydrogens is 298 g/mol. The Balaban J connectivity index is 1.73. The van der Waals surface area contributed by atoms with Crippen molar-refractivity contribution in [3.05, 3.63) is 84.7 Å². The molecule has 2 heterocycles. The summed E-state index contributed by atoms with van der Waals surface area (Å²) in [6.07, 6.45) is 9.60. The minimum absolute atomic E-state index is 0.211. The number of nitrogens with one attached hydrogen (secondary N) is 1. The fourth-order valence-corrected chi connectivity index (χ4v) is 2.77. The van der Waals surface area contributed by atoms with Gasteiger partial charge in [0, 0.05) is 37.2 Å². The zero-order valence-corrected chi connectivity index (χ0v) is 14.0. The lowest BCUT2D eigenvalue weighted by Crippen LogP contribution is -2.25. The summed E-state index contributed by atoms with van der Waals surface area (Å²) < 4.78 is 4.02. The molecule has 0 aliphatic carbocycles. The molecule has 0 unspecified atom stereocenters. The highest BCUT2D eigenvalue weighted by molar-refractivity contribution is 5.20. The van der Waals surface area contributed by atoms with E-state index < -0.39 is 0 Å². The summed E-state index contributed by atoms with van der Waals surface area (Å²) in [5, 5.41) is 8.18. The van der Waals surface area contributed by atoms with Crippen LogP contribution in [0.15, 0.2) is 67.9 Å². The van der Waals surface area contributed by atoms with Crippen molar-refractivity contribution in [3.63, 3.8) is 0 Å². The van der Waals surface area contributed by atoms with Gasteiger partial charge in [0.25, 0.3) is 0 Å². The molecule has 3 aromatic rings. The third-order valence-electron chi connectivity index (χ3n) is 4.06. The van der Waals surface area contributed by atoms with Crippen molar-refractivity contribution in [1.29, 1.82) is 0 Å². The van der Waals surface area contributed by atoms with Gasteiger partial charge in [-0.3, -0.25) is 4.68 Å². The minimum atomic E-state index is 0.211. The van der Waals surface area contributed by atoms with Gasteiger partial charge in [0.05, 0.1) is 24.6 Å². The normalized spacial score (nSPS) is 12.2. The smallest absolute Gasteiger partial charge is 0.0946 e. The van der Waals surface area contributed by atoms with Gasteiger partial charge in [-0.1, -0.05) is 36.4 Å². The van der Waals surface area contributed by atoms with Gasteiger partial charge in [0.15, 0.2) is 0 Å².